The van der Waals surface area contributed by atoms with Gasteiger partial charge in [-0.2, -0.15) is 0 Å². The van der Waals surface area contributed by atoms with Gasteiger partial charge in [0.1, 0.15) is 11.4 Å². The van der Waals surface area contributed by atoms with Gasteiger partial charge in [0, 0.05) is 74.7 Å². The predicted octanol–water partition coefficient (Wildman–Crippen LogP) is 6.92. The van der Waals surface area contributed by atoms with Crippen LogP contribution in [0.1, 0.15) is 55.3 Å². The molecule has 60 heavy (non-hydrogen) atoms. The first-order valence-electron chi connectivity index (χ1n) is 19.7. The fourth-order valence-corrected chi connectivity index (χ4v) is 7.69. The standard InChI is InChI=1S/C46H46N8O6/c1-52-25-31(20-39(52)44(56)51-34-16-12-32(47)13-17-34)28-10-14-33(15-11-28)50-45(57)40-21-35(27-53(40)2)49-43(55)9-6-18-60-42-23-38-37(22-41(42)59-3)46(58)54-26-30-8-5-4-7-29(30)19-36(54)24-48-38/h4-5,7-8,10-17,20-23,25,27,36,48H,6,9,18-19,24,26,47H2,1-3H3,(H,49,55)(H,50,57)(H,51,56)/t36-/m0/s1. The second kappa shape index (κ2) is 16.8. The number of rotatable bonds is 12. The average Bonchev–Trinajstić information content (AvgIpc) is 3.79. The van der Waals surface area contributed by atoms with Crippen LogP contribution in [0.2, 0.25) is 0 Å². The molecule has 306 valence electrons. The number of aromatic nitrogens is 2. The lowest BCUT2D eigenvalue weighted by molar-refractivity contribution is -0.116. The van der Waals surface area contributed by atoms with Crippen LogP contribution in [0.4, 0.5) is 28.4 Å². The zero-order valence-corrected chi connectivity index (χ0v) is 33.6. The highest BCUT2D eigenvalue weighted by atomic mass is 16.5. The van der Waals surface area contributed by atoms with Gasteiger partial charge in [-0.1, -0.05) is 36.4 Å². The molecule has 0 saturated carbocycles. The van der Waals surface area contributed by atoms with Gasteiger partial charge >= 0.3 is 0 Å². The summed E-state index contributed by atoms with van der Waals surface area (Å²) in [5.41, 5.74) is 14.3. The summed E-state index contributed by atoms with van der Waals surface area (Å²) in [5.74, 6) is 0.0641. The quantitative estimate of drug-likeness (QED) is 0.0655. The van der Waals surface area contributed by atoms with Crippen molar-refractivity contribution in [3.05, 3.63) is 138 Å². The van der Waals surface area contributed by atoms with E-state index in [9.17, 15) is 19.2 Å². The van der Waals surface area contributed by atoms with E-state index in [2.05, 4.69) is 33.4 Å². The molecule has 6 N–H and O–H groups in total. The summed E-state index contributed by atoms with van der Waals surface area (Å²) in [7, 11) is 5.08. The van der Waals surface area contributed by atoms with Gasteiger partial charge in [-0.15, -0.1) is 0 Å². The Kier molecular flexibility index (Phi) is 11.0. The Morgan fingerprint density at radius 2 is 1.43 bits per heavy atom. The number of hydrogen-bond acceptors (Lipinski definition) is 8. The first-order chi connectivity index (χ1) is 29.0. The summed E-state index contributed by atoms with van der Waals surface area (Å²) in [6.45, 7) is 1.42. The number of nitrogens with zero attached hydrogens (tertiary/aromatic N) is 3. The van der Waals surface area contributed by atoms with Crippen molar-refractivity contribution < 1.29 is 28.7 Å². The van der Waals surface area contributed by atoms with Crippen LogP contribution in [0.3, 0.4) is 0 Å². The Morgan fingerprint density at radius 3 is 2.15 bits per heavy atom. The zero-order valence-electron chi connectivity index (χ0n) is 33.6. The van der Waals surface area contributed by atoms with E-state index in [0.717, 1.165) is 17.5 Å². The Balaban J connectivity index is 0.820. The van der Waals surface area contributed by atoms with Gasteiger partial charge in [0.2, 0.25) is 5.91 Å². The zero-order chi connectivity index (χ0) is 41.9. The van der Waals surface area contributed by atoms with Crippen molar-refractivity contribution >= 4 is 52.1 Å². The van der Waals surface area contributed by atoms with E-state index < -0.39 is 0 Å². The third-order valence-electron chi connectivity index (χ3n) is 10.9. The number of nitrogens with two attached hydrogens (primary N) is 1. The second-order valence-electron chi connectivity index (χ2n) is 15.0. The first kappa shape index (κ1) is 39.4. The number of hydrogen-bond donors (Lipinski definition) is 5. The lowest BCUT2D eigenvalue weighted by atomic mass is 9.94. The largest absolute Gasteiger partial charge is 0.493 e. The van der Waals surface area contributed by atoms with Gasteiger partial charge in [-0.25, -0.2) is 0 Å². The lowest BCUT2D eigenvalue weighted by Gasteiger charge is -2.35. The predicted molar refractivity (Wildman–Crippen MR) is 232 cm³/mol. The molecule has 14 heteroatoms. The van der Waals surface area contributed by atoms with Crippen LogP contribution < -0.4 is 36.5 Å². The lowest BCUT2D eigenvalue weighted by Crippen LogP contribution is -2.45. The number of nitrogen functional groups attached to an aromatic ring is 1. The van der Waals surface area contributed by atoms with Crippen LogP contribution in [0.25, 0.3) is 11.1 Å². The number of aryl methyl sites for hydroxylation is 2. The van der Waals surface area contributed by atoms with Gasteiger partial charge < -0.3 is 50.5 Å². The average molecular weight is 807 g/mol. The Morgan fingerprint density at radius 1 is 0.767 bits per heavy atom. The summed E-state index contributed by atoms with van der Waals surface area (Å²) in [4.78, 5) is 54.8. The van der Waals surface area contributed by atoms with E-state index in [1.54, 1.807) is 77.0 Å². The van der Waals surface area contributed by atoms with Crippen molar-refractivity contribution in [2.45, 2.75) is 31.8 Å². The molecular formula is C46H46N8O6. The molecule has 8 rings (SSSR count). The molecule has 0 saturated heterocycles. The molecule has 0 spiro atoms. The summed E-state index contributed by atoms with van der Waals surface area (Å²) >= 11 is 0. The molecule has 4 heterocycles. The highest BCUT2D eigenvalue weighted by molar-refractivity contribution is 6.06. The third kappa shape index (κ3) is 8.39. The van der Waals surface area contributed by atoms with Crippen molar-refractivity contribution in [1.29, 1.82) is 0 Å². The highest BCUT2D eigenvalue weighted by Gasteiger charge is 2.34. The number of benzene rings is 4. The minimum atomic E-state index is -0.340. The molecule has 0 radical (unpaired) electrons. The number of anilines is 5. The third-order valence-corrected chi connectivity index (χ3v) is 10.9. The minimum Gasteiger partial charge on any atom is -0.493 e. The maximum Gasteiger partial charge on any atom is 0.272 e. The number of amides is 4. The molecule has 2 aliphatic rings. The topological polar surface area (TPSA) is 174 Å². The Hall–Kier alpha value is -7.48. The summed E-state index contributed by atoms with van der Waals surface area (Å²) < 4.78 is 15.1. The van der Waals surface area contributed by atoms with Crippen LogP contribution in [-0.2, 0) is 31.9 Å². The number of nitrogens with one attached hydrogen (secondary N) is 4. The van der Waals surface area contributed by atoms with E-state index in [-0.39, 0.29) is 42.7 Å². The van der Waals surface area contributed by atoms with Crippen LogP contribution in [0, 0.1) is 0 Å². The second-order valence-corrected chi connectivity index (χ2v) is 15.0. The van der Waals surface area contributed by atoms with Gasteiger partial charge in [-0.3, -0.25) is 19.2 Å². The van der Waals surface area contributed by atoms with Crippen LogP contribution in [0.5, 0.6) is 11.5 Å². The van der Waals surface area contributed by atoms with E-state index in [1.807, 2.05) is 48.5 Å². The monoisotopic (exact) mass is 806 g/mol. The highest BCUT2D eigenvalue weighted by Crippen LogP contribution is 2.38. The van der Waals surface area contributed by atoms with Crippen molar-refractivity contribution in [2.24, 2.45) is 14.1 Å². The van der Waals surface area contributed by atoms with Gasteiger partial charge in [0.05, 0.1) is 36.7 Å². The van der Waals surface area contributed by atoms with Crippen molar-refractivity contribution in [3.8, 4) is 22.6 Å². The number of carbonyl (C=O) groups excluding carboxylic acids is 4. The van der Waals surface area contributed by atoms with E-state index in [0.29, 0.717) is 76.4 Å². The van der Waals surface area contributed by atoms with Crippen LogP contribution in [0.15, 0.2) is 109 Å². The molecule has 2 aliphatic heterocycles. The van der Waals surface area contributed by atoms with Crippen molar-refractivity contribution in [1.82, 2.24) is 14.0 Å². The van der Waals surface area contributed by atoms with E-state index in [4.69, 9.17) is 15.2 Å². The molecule has 2 aromatic heterocycles. The SMILES string of the molecule is COc1cc2c(cc1OCCCC(=O)Nc1cc(C(=O)Nc3ccc(-c4cc(C(=O)Nc5ccc(N)cc5)n(C)c4)cc3)n(C)c1)NC[C@@H]1Cc3ccccc3CN1C2=O. The fourth-order valence-electron chi connectivity index (χ4n) is 7.69. The molecule has 4 aromatic carbocycles. The molecule has 6 aromatic rings. The molecule has 1 atom stereocenters. The number of carbonyl (C=O) groups is 4. The first-order valence-corrected chi connectivity index (χ1v) is 19.7. The Labute approximate surface area is 347 Å². The summed E-state index contributed by atoms with van der Waals surface area (Å²) in [5, 5.41) is 12.1. The van der Waals surface area contributed by atoms with Crippen LogP contribution in [-0.4, -0.2) is 64.0 Å². The maximum absolute atomic E-state index is 13.7. The van der Waals surface area contributed by atoms with E-state index in [1.165, 1.54) is 18.2 Å². The minimum absolute atomic E-state index is 0.0306. The summed E-state index contributed by atoms with van der Waals surface area (Å²) in [6, 6.07) is 29.5. The number of fused-ring (bicyclic) bond motifs is 3. The number of ether oxygens (including phenoxy) is 2. The molecule has 0 aliphatic carbocycles. The molecule has 0 bridgehead atoms. The summed E-state index contributed by atoms with van der Waals surface area (Å²) in [6.07, 6.45) is 4.94. The molecular weight excluding hydrogens is 761 g/mol. The molecule has 0 unspecified atom stereocenters. The molecule has 4 amide bonds. The molecule has 14 nitrogen and oxygen atoms in total. The van der Waals surface area contributed by atoms with Gasteiger partial charge in [0.15, 0.2) is 11.5 Å². The van der Waals surface area contributed by atoms with Crippen molar-refractivity contribution in [2.75, 3.05) is 47.3 Å². The van der Waals surface area contributed by atoms with Crippen molar-refractivity contribution in [3.63, 3.8) is 0 Å². The van der Waals surface area contributed by atoms with Gasteiger partial charge in [-0.05, 0) is 84.1 Å². The molecule has 0 fully saturated rings. The normalized spacial score (nSPS) is 14.2. The van der Waals surface area contributed by atoms with E-state index >= 15 is 0 Å². The van der Waals surface area contributed by atoms with Crippen LogP contribution >= 0.6 is 0 Å². The number of methoxy groups -OCH3 is 1. The smallest absolute Gasteiger partial charge is 0.272 e. The van der Waals surface area contributed by atoms with Gasteiger partial charge in [0.25, 0.3) is 17.7 Å². The fraction of sp³-hybridized carbons (Fsp3) is 0.217. The Bertz CT molecular complexity index is 2590. The maximum atomic E-state index is 13.7.